The lowest BCUT2D eigenvalue weighted by molar-refractivity contribution is 0.597. The SMILES string of the molecule is CC(C#N)S(=O)(=O)Nc1ccc(Cl)cc1N. The molecule has 0 bridgehead atoms. The molecule has 3 N–H and O–H groups in total. The quantitative estimate of drug-likeness (QED) is 0.806. The average molecular weight is 260 g/mol. The van der Waals surface area contributed by atoms with Crippen molar-refractivity contribution in [1.29, 1.82) is 5.26 Å². The summed E-state index contributed by atoms with van der Waals surface area (Å²) < 4.78 is 25.3. The van der Waals surface area contributed by atoms with Crippen LogP contribution in [0.15, 0.2) is 18.2 Å². The molecular formula is C9H10ClN3O2S. The zero-order valence-corrected chi connectivity index (χ0v) is 10.0. The first-order valence-electron chi connectivity index (χ1n) is 4.33. The summed E-state index contributed by atoms with van der Waals surface area (Å²) in [5.41, 5.74) is 6.00. The van der Waals surface area contributed by atoms with E-state index in [4.69, 9.17) is 22.6 Å². The van der Waals surface area contributed by atoms with Crippen molar-refractivity contribution in [2.24, 2.45) is 0 Å². The van der Waals surface area contributed by atoms with Crippen LogP contribution < -0.4 is 10.5 Å². The fraction of sp³-hybridized carbons (Fsp3) is 0.222. The van der Waals surface area contributed by atoms with Crippen LogP contribution in [0.3, 0.4) is 0 Å². The number of hydrogen-bond acceptors (Lipinski definition) is 4. The number of nitrogens with one attached hydrogen (secondary N) is 1. The third-order valence-electron chi connectivity index (χ3n) is 1.91. The monoisotopic (exact) mass is 259 g/mol. The summed E-state index contributed by atoms with van der Waals surface area (Å²) in [7, 11) is -3.73. The van der Waals surface area contributed by atoms with Crippen LogP contribution in [0.25, 0.3) is 0 Å². The first kappa shape index (κ1) is 12.6. The van der Waals surface area contributed by atoms with Gasteiger partial charge in [-0.05, 0) is 25.1 Å². The predicted octanol–water partition coefficient (Wildman–Crippen LogP) is 1.58. The van der Waals surface area contributed by atoms with Crippen LogP contribution in [0, 0.1) is 11.3 Å². The van der Waals surface area contributed by atoms with Gasteiger partial charge in [0.05, 0.1) is 17.4 Å². The Hall–Kier alpha value is -1.45. The highest BCUT2D eigenvalue weighted by atomic mass is 35.5. The minimum absolute atomic E-state index is 0.209. The second-order valence-corrected chi connectivity index (χ2v) is 5.59. The summed E-state index contributed by atoms with van der Waals surface area (Å²) in [5.74, 6) is 0. The molecule has 1 aromatic rings. The molecule has 0 radical (unpaired) electrons. The molecule has 86 valence electrons. The average Bonchev–Trinajstić information content (AvgIpc) is 2.21. The number of rotatable bonds is 3. The van der Waals surface area contributed by atoms with E-state index in [0.717, 1.165) is 0 Å². The molecule has 0 spiro atoms. The second kappa shape index (κ2) is 4.60. The summed E-state index contributed by atoms with van der Waals surface area (Å²) in [6, 6.07) is 6.02. The number of halogens is 1. The summed E-state index contributed by atoms with van der Waals surface area (Å²) in [6.07, 6.45) is 0. The van der Waals surface area contributed by atoms with Crippen LogP contribution in [0.2, 0.25) is 5.02 Å². The summed E-state index contributed by atoms with van der Waals surface area (Å²) in [5, 5.41) is 7.80. The van der Waals surface area contributed by atoms with Crippen LogP contribution in [0.5, 0.6) is 0 Å². The van der Waals surface area contributed by atoms with Crippen LogP contribution >= 0.6 is 11.6 Å². The molecule has 16 heavy (non-hydrogen) atoms. The van der Waals surface area contributed by atoms with Gasteiger partial charge in [-0.2, -0.15) is 5.26 Å². The maximum absolute atomic E-state index is 11.5. The van der Waals surface area contributed by atoms with Gasteiger partial charge in [0.25, 0.3) is 0 Å². The molecule has 5 nitrogen and oxygen atoms in total. The van der Waals surface area contributed by atoms with E-state index in [1.54, 1.807) is 6.07 Å². The Morgan fingerprint density at radius 3 is 2.69 bits per heavy atom. The third kappa shape index (κ3) is 2.78. The van der Waals surface area contributed by atoms with Crippen molar-refractivity contribution in [3.8, 4) is 6.07 Å². The Bertz CT molecular complexity index is 536. The van der Waals surface area contributed by atoms with E-state index in [0.29, 0.717) is 5.02 Å². The van der Waals surface area contributed by atoms with E-state index >= 15 is 0 Å². The van der Waals surface area contributed by atoms with Crippen molar-refractivity contribution in [1.82, 2.24) is 0 Å². The van der Waals surface area contributed by atoms with Gasteiger partial charge in [0.2, 0.25) is 10.0 Å². The molecule has 0 fully saturated rings. The number of anilines is 2. The van der Waals surface area contributed by atoms with Crippen molar-refractivity contribution in [3.05, 3.63) is 23.2 Å². The Kier molecular flexibility index (Phi) is 3.62. The normalized spacial score (nSPS) is 12.8. The molecule has 0 aliphatic heterocycles. The van der Waals surface area contributed by atoms with Gasteiger partial charge in [-0.25, -0.2) is 8.42 Å². The van der Waals surface area contributed by atoms with Crippen molar-refractivity contribution < 1.29 is 8.42 Å². The van der Waals surface area contributed by atoms with Gasteiger partial charge in [0.1, 0.15) is 0 Å². The van der Waals surface area contributed by atoms with Gasteiger partial charge in [-0.3, -0.25) is 4.72 Å². The molecule has 1 atom stereocenters. The maximum Gasteiger partial charge on any atom is 0.248 e. The lowest BCUT2D eigenvalue weighted by Gasteiger charge is -2.11. The van der Waals surface area contributed by atoms with Gasteiger partial charge in [-0.15, -0.1) is 0 Å². The lowest BCUT2D eigenvalue weighted by atomic mass is 10.3. The van der Waals surface area contributed by atoms with E-state index in [9.17, 15) is 8.42 Å². The minimum atomic E-state index is -3.73. The van der Waals surface area contributed by atoms with Gasteiger partial charge in [0.15, 0.2) is 5.25 Å². The standard InChI is InChI=1S/C9H10ClN3O2S/c1-6(5-11)16(14,15)13-9-3-2-7(10)4-8(9)12/h2-4,6,13H,12H2,1H3. The largest absolute Gasteiger partial charge is 0.397 e. The number of hydrogen-bond donors (Lipinski definition) is 2. The van der Waals surface area contributed by atoms with Crippen molar-refractivity contribution in [2.45, 2.75) is 12.2 Å². The number of nitrogens with zero attached hydrogens (tertiary/aromatic N) is 1. The molecule has 0 amide bonds. The molecule has 0 saturated heterocycles. The molecule has 0 heterocycles. The number of benzene rings is 1. The van der Waals surface area contributed by atoms with Crippen molar-refractivity contribution in [3.63, 3.8) is 0 Å². The molecule has 7 heteroatoms. The second-order valence-electron chi connectivity index (χ2n) is 3.15. The van der Waals surface area contributed by atoms with Crippen LogP contribution in [-0.4, -0.2) is 13.7 Å². The number of sulfonamides is 1. The third-order valence-corrected chi connectivity index (χ3v) is 3.69. The zero-order valence-electron chi connectivity index (χ0n) is 8.44. The van der Waals surface area contributed by atoms with Crippen molar-refractivity contribution >= 4 is 33.0 Å². The molecule has 1 aromatic carbocycles. The predicted molar refractivity (Wildman–Crippen MR) is 63.5 cm³/mol. The molecule has 1 rings (SSSR count). The Morgan fingerprint density at radius 1 is 1.56 bits per heavy atom. The molecule has 0 saturated carbocycles. The van der Waals surface area contributed by atoms with Crippen LogP contribution in [0.4, 0.5) is 11.4 Å². The zero-order chi connectivity index (χ0) is 12.3. The Balaban J connectivity index is 3.03. The number of nitriles is 1. The Morgan fingerprint density at radius 2 is 2.19 bits per heavy atom. The first-order valence-corrected chi connectivity index (χ1v) is 6.25. The summed E-state index contributed by atoms with van der Waals surface area (Å²) in [4.78, 5) is 0. The molecule has 0 aliphatic rings. The summed E-state index contributed by atoms with van der Waals surface area (Å²) in [6.45, 7) is 1.29. The van der Waals surface area contributed by atoms with Crippen molar-refractivity contribution in [2.75, 3.05) is 10.5 Å². The first-order chi connectivity index (χ1) is 7.36. The number of nitrogen functional groups attached to an aromatic ring is 1. The van der Waals surface area contributed by atoms with E-state index < -0.39 is 15.3 Å². The van der Waals surface area contributed by atoms with Gasteiger partial charge in [0, 0.05) is 5.02 Å². The fourth-order valence-corrected chi connectivity index (χ4v) is 1.93. The Labute approximate surface area is 98.9 Å². The smallest absolute Gasteiger partial charge is 0.248 e. The number of nitrogens with two attached hydrogens (primary N) is 1. The van der Waals surface area contributed by atoms with E-state index in [-0.39, 0.29) is 11.4 Å². The van der Waals surface area contributed by atoms with Gasteiger partial charge >= 0.3 is 0 Å². The highest BCUT2D eigenvalue weighted by molar-refractivity contribution is 7.93. The molecule has 0 aliphatic carbocycles. The van der Waals surface area contributed by atoms with Crippen LogP contribution in [-0.2, 0) is 10.0 Å². The molecule has 0 aromatic heterocycles. The van der Waals surface area contributed by atoms with Crippen LogP contribution in [0.1, 0.15) is 6.92 Å². The lowest BCUT2D eigenvalue weighted by Crippen LogP contribution is -2.24. The summed E-state index contributed by atoms with van der Waals surface area (Å²) >= 11 is 5.67. The van der Waals surface area contributed by atoms with Gasteiger partial charge < -0.3 is 5.73 Å². The van der Waals surface area contributed by atoms with E-state index in [2.05, 4.69) is 4.72 Å². The van der Waals surface area contributed by atoms with Gasteiger partial charge in [-0.1, -0.05) is 11.6 Å². The minimum Gasteiger partial charge on any atom is -0.397 e. The fourth-order valence-electron chi connectivity index (χ4n) is 0.938. The highest BCUT2D eigenvalue weighted by Crippen LogP contribution is 2.24. The molecular weight excluding hydrogens is 250 g/mol. The highest BCUT2D eigenvalue weighted by Gasteiger charge is 2.20. The maximum atomic E-state index is 11.5. The topological polar surface area (TPSA) is 96.0 Å². The van der Waals surface area contributed by atoms with E-state index in [1.165, 1.54) is 25.1 Å². The van der Waals surface area contributed by atoms with E-state index in [1.807, 2.05) is 0 Å². The molecule has 1 unspecified atom stereocenters.